The molecular formula is C15H25N3O7S. The lowest BCUT2D eigenvalue weighted by atomic mass is 10.1. The van der Waals surface area contributed by atoms with E-state index in [0.717, 1.165) is 11.8 Å². The van der Waals surface area contributed by atoms with Gasteiger partial charge in [-0.2, -0.15) is 0 Å². The average Bonchev–Trinajstić information content (AvgIpc) is 2.53. The molecule has 0 aliphatic carbocycles. The number of hydrogen-bond acceptors (Lipinski definition) is 7. The molecular weight excluding hydrogens is 366 g/mol. The maximum atomic E-state index is 12.0. The number of rotatable bonds is 12. The van der Waals surface area contributed by atoms with Crippen LogP contribution in [-0.2, 0) is 24.0 Å². The van der Waals surface area contributed by atoms with Crippen molar-refractivity contribution in [2.75, 3.05) is 12.3 Å². The highest BCUT2D eigenvalue weighted by Gasteiger charge is 2.23. The van der Waals surface area contributed by atoms with Crippen molar-refractivity contribution in [1.29, 1.82) is 0 Å². The van der Waals surface area contributed by atoms with Gasteiger partial charge in [-0.05, 0) is 12.3 Å². The second-order valence-electron chi connectivity index (χ2n) is 6.00. The molecule has 2 atom stereocenters. The normalized spacial score (nSPS) is 12.9. The Hall–Kier alpha value is -2.14. The van der Waals surface area contributed by atoms with Crippen molar-refractivity contribution in [2.45, 2.75) is 45.2 Å². The van der Waals surface area contributed by atoms with Gasteiger partial charge in [-0.15, -0.1) is 0 Å². The van der Waals surface area contributed by atoms with Crippen LogP contribution in [0.4, 0.5) is 0 Å². The number of carbonyl (C=O) groups excluding carboxylic acids is 3. The molecule has 0 radical (unpaired) electrons. The third kappa shape index (κ3) is 11.4. The van der Waals surface area contributed by atoms with Gasteiger partial charge in [0.1, 0.15) is 18.6 Å². The van der Waals surface area contributed by atoms with E-state index < -0.39 is 42.4 Å². The third-order valence-electron chi connectivity index (χ3n) is 3.05. The summed E-state index contributed by atoms with van der Waals surface area (Å²) >= 11 is 0.866. The van der Waals surface area contributed by atoms with E-state index in [2.05, 4.69) is 10.6 Å². The van der Waals surface area contributed by atoms with Gasteiger partial charge in [-0.3, -0.25) is 24.0 Å². The molecule has 0 bridgehead atoms. The number of hydrogen-bond donors (Lipinski definition) is 5. The van der Waals surface area contributed by atoms with E-state index in [4.69, 9.17) is 15.9 Å². The number of amides is 2. The topological polar surface area (TPSA) is 176 Å². The van der Waals surface area contributed by atoms with Crippen molar-refractivity contribution in [2.24, 2.45) is 11.7 Å². The molecule has 11 heteroatoms. The molecule has 0 spiro atoms. The van der Waals surface area contributed by atoms with E-state index >= 15 is 0 Å². The number of aliphatic carboxylic acids is 2. The second kappa shape index (κ2) is 12.3. The van der Waals surface area contributed by atoms with E-state index in [9.17, 15) is 24.0 Å². The van der Waals surface area contributed by atoms with Gasteiger partial charge in [0, 0.05) is 18.6 Å². The second-order valence-corrected chi connectivity index (χ2v) is 7.07. The van der Waals surface area contributed by atoms with Crippen LogP contribution in [0.15, 0.2) is 0 Å². The zero-order valence-corrected chi connectivity index (χ0v) is 15.5. The standard InChI is InChI=1S/C15H25N3O7S/c1-8(2)5-13(22)26-7-10(14(23)17-6-12(20)21)18-11(19)4-3-9(16)15(24)25/h8-10H,3-7,16H2,1-2H3,(H,17,23)(H,18,19)(H,20,21)(H,24,25)/t9-,10-/m0/s1. The molecule has 0 aliphatic heterocycles. The van der Waals surface area contributed by atoms with Crippen molar-refractivity contribution >= 4 is 40.6 Å². The lowest BCUT2D eigenvalue weighted by Crippen LogP contribution is -2.49. The smallest absolute Gasteiger partial charge is 0.322 e. The summed E-state index contributed by atoms with van der Waals surface area (Å²) in [6.45, 7) is 3.10. The largest absolute Gasteiger partial charge is 0.480 e. The first-order valence-electron chi connectivity index (χ1n) is 7.95. The van der Waals surface area contributed by atoms with Crippen LogP contribution in [0.1, 0.15) is 33.1 Å². The number of nitrogens with one attached hydrogen (secondary N) is 2. The SMILES string of the molecule is CC(C)CC(=O)SC[C@H](NC(=O)CC[C@H](N)C(=O)O)C(=O)NCC(=O)O. The summed E-state index contributed by atoms with van der Waals surface area (Å²) in [5, 5.41) is 21.7. The molecule has 0 unspecified atom stereocenters. The van der Waals surface area contributed by atoms with Crippen molar-refractivity contribution in [3.05, 3.63) is 0 Å². The van der Waals surface area contributed by atoms with Crippen LogP contribution < -0.4 is 16.4 Å². The molecule has 0 saturated heterocycles. The van der Waals surface area contributed by atoms with E-state index in [-0.39, 0.29) is 29.6 Å². The Balaban J connectivity index is 4.72. The van der Waals surface area contributed by atoms with Gasteiger partial charge >= 0.3 is 11.9 Å². The molecule has 26 heavy (non-hydrogen) atoms. The fourth-order valence-corrected chi connectivity index (χ4v) is 2.75. The highest BCUT2D eigenvalue weighted by atomic mass is 32.2. The molecule has 2 amide bonds. The van der Waals surface area contributed by atoms with Crippen molar-refractivity contribution in [1.82, 2.24) is 10.6 Å². The summed E-state index contributed by atoms with van der Waals surface area (Å²) < 4.78 is 0. The van der Waals surface area contributed by atoms with Crippen LogP contribution in [0.25, 0.3) is 0 Å². The zero-order chi connectivity index (χ0) is 20.3. The maximum absolute atomic E-state index is 12.0. The van der Waals surface area contributed by atoms with Crippen LogP contribution in [0.3, 0.4) is 0 Å². The minimum Gasteiger partial charge on any atom is -0.480 e. The lowest BCUT2D eigenvalue weighted by Gasteiger charge is -2.18. The average molecular weight is 391 g/mol. The highest BCUT2D eigenvalue weighted by molar-refractivity contribution is 8.13. The fraction of sp³-hybridized carbons (Fsp3) is 0.667. The monoisotopic (exact) mass is 391 g/mol. The Labute approximate surface area is 155 Å². The molecule has 0 fully saturated rings. The molecule has 0 saturated carbocycles. The van der Waals surface area contributed by atoms with Crippen LogP contribution in [0.5, 0.6) is 0 Å². The van der Waals surface area contributed by atoms with Crippen LogP contribution >= 0.6 is 11.8 Å². The Bertz CT molecular complexity index is 539. The van der Waals surface area contributed by atoms with E-state index in [1.54, 1.807) is 0 Å². The van der Waals surface area contributed by atoms with E-state index in [1.165, 1.54) is 0 Å². The molecule has 0 aromatic rings. The summed E-state index contributed by atoms with van der Waals surface area (Å²) in [5.41, 5.74) is 5.31. The summed E-state index contributed by atoms with van der Waals surface area (Å²) in [5.74, 6) is -3.78. The van der Waals surface area contributed by atoms with Crippen LogP contribution in [0, 0.1) is 5.92 Å². The number of carboxylic acids is 2. The number of carboxylic acid groups (broad SMARTS) is 2. The van der Waals surface area contributed by atoms with Gasteiger partial charge in [0.2, 0.25) is 11.8 Å². The van der Waals surface area contributed by atoms with Crippen LogP contribution in [0.2, 0.25) is 0 Å². The minimum absolute atomic E-state index is 0.0618. The van der Waals surface area contributed by atoms with Gasteiger partial charge in [0.05, 0.1) is 0 Å². The summed E-state index contributed by atoms with van der Waals surface area (Å²) in [6.07, 6.45) is -0.0413. The summed E-state index contributed by atoms with van der Waals surface area (Å²) in [6, 6.07) is -2.33. The molecule has 0 aromatic carbocycles. The quantitative estimate of drug-likeness (QED) is 0.284. The molecule has 6 N–H and O–H groups in total. The molecule has 0 aliphatic rings. The maximum Gasteiger partial charge on any atom is 0.322 e. The first kappa shape index (κ1) is 23.9. The molecule has 10 nitrogen and oxygen atoms in total. The summed E-state index contributed by atoms with van der Waals surface area (Å²) in [7, 11) is 0. The van der Waals surface area contributed by atoms with Crippen LogP contribution in [-0.4, -0.2) is 63.5 Å². The predicted octanol–water partition coefficient (Wildman–Crippen LogP) is -0.830. The molecule has 148 valence electrons. The Morgan fingerprint density at radius 1 is 1.12 bits per heavy atom. The van der Waals surface area contributed by atoms with E-state index in [1.807, 2.05) is 13.8 Å². The van der Waals surface area contributed by atoms with E-state index in [0.29, 0.717) is 6.42 Å². The van der Waals surface area contributed by atoms with Crippen molar-refractivity contribution in [3.8, 4) is 0 Å². The Kier molecular flexibility index (Phi) is 11.2. The minimum atomic E-state index is -1.25. The first-order chi connectivity index (χ1) is 12.0. The van der Waals surface area contributed by atoms with Gasteiger partial charge in [0.15, 0.2) is 5.12 Å². The molecule has 0 aromatic heterocycles. The first-order valence-corrected chi connectivity index (χ1v) is 8.94. The zero-order valence-electron chi connectivity index (χ0n) is 14.7. The predicted molar refractivity (Wildman–Crippen MR) is 94.3 cm³/mol. The third-order valence-corrected chi connectivity index (χ3v) is 4.04. The van der Waals surface area contributed by atoms with Gasteiger partial charge in [-0.25, -0.2) is 0 Å². The molecule has 0 heterocycles. The Morgan fingerprint density at radius 2 is 1.73 bits per heavy atom. The highest BCUT2D eigenvalue weighted by Crippen LogP contribution is 2.13. The van der Waals surface area contributed by atoms with Gasteiger partial charge in [-0.1, -0.05) is 25.6 Å². The van der Waals surface area contributed by atoms with Gasteiger partial charge < -0.3 is 26.6 Å². The number of nitrogens with two attached hydrogens (primary N) is 1. The number of carbonyl (C=O) groups is 5. The fourth-order valence-electron chi connectivity index (χ4n) is 1.71. The summed E-state index contributed by atoms with van der Waals surface area (Å²) in [4.78, 5) is 56.9. The lowest BCUT2D eigenvalue weighted by molar-refractivity contribution is -0.139. The molecule has 0 rings (SSSR count). The van der Waals surface area contributed by atoms with Crippen molar-refractivity contribution in [3.63, 3.8) is 0 Å². The Morgan fingerprint density at radius 3 is 2.23 bits per heavy atom. The van der Waals surface area contributed by atoms with Crippen molar-refractivity contribution < 1.29 is 34.2 Å². The van der Waals surface area contributed by atoms with Gasteiger partial charge in [0.25, 0.3) is 0 Å². The number of thioether (sulfide) groups is 1.